The maximum atomic E-state index is 6.10. The van der Waals surface area contributed by atoms with Crippen molar-refractivity contribution >= 4 is 23.2 Å². The van der Waals surface area contributed by atoms with Crippen molar-refractivity contribution in [3.8, 4) is 11.5 Å². The SMILES string of the molecule is ClCCc1cn(Cc2nnc(-c3ccccc3Cl)o2)nn1. The van der Waals surface area contributed by atoms with E-state index in [1.165, 1.54) is 0 Å². The van der Waals surface area contributed by atoms with Gasteiger partial charge in [0.25, 0.3) is 0 Å². The minimum Gasteiger partial charge on any atom is -0.419 e. The van der Waals surface area contributed by atoms with Crippen LogP contribution in [0.4, 0.5) is 0 Å². The van der Waals surface area contributed by atoms with Crippen LogP contribution in [0.15, 0.2) is 34.9 Å². The van der Waals surface area contributed by atoms with Gasteiger partial charge in [-0.2, -0.15) is 0 Å². The number of aromatic nitrogens is 5. The zero-order valence-electron chi connectivity index (χ0n) is 10.9. The van der Waals surface area contributed by atoms with E-state index in [2.05, 4.69) is 20.5 Å². The van der Waals surface area contributed by atoms with Crippen LogP contribution in [-0.2, 0) is 13.0 Å². The summed E-state index contributed by atoms with van der Waals surface area (Å²) >= 11 is 11.8. The fourth-order valence-electron chi connectivity index (χ4n) is 1.83. The lowest BCUT2D eigenvalue weighted by Gasteiger charge is -1.97. The van der Waals surface area contributed by atoms with Crippen LogP contribution in [-0.4, -0.2) is 31.1 Å². The second kappa shape index (κ2) is 6.24. The standard InChI is InChI=1S/C13H11Cl2N5O/c14-6-5-9-7-20(19-16-9)8-12-17-18-13(21-12)10-3-1-2-4-11(10)15/h1-4,7H,5-6,8H2. The number of hydrogen-bond donors (Lipinski definition) is 0. The predicted octanol–water partition coefficient (Wildman–Crippen LogP) is 2.81. The molecule has 0 bridgehead atoms. The molecule has 0 radical (unpaired) electrons. The number of benzene rings is 1. The highest BCUT2D eigenvalue weighted by Crippen LogP contribution is 2.26. The first-order valence-corrected chi connectivity index (χ1v) is 7.20. The molecule has 2 heterocycles. The molecule has 0 N–H and O–H groups in total. The van der Waals surface area contributed by atoms with Crippen molar-refractivity contribution in [2.45, 2.75) is 13.0 Å². The van der Waals surface area contributed by atoms with Crippen molar-refractivity contribution in [2.75, 3.05) is 5.88 Å². The third-order valence-corrected chi connectivity index (χ3v) is 3.32. The minimum absolute atomic E-state index is 0.354. The maximum absolute atomic E-state index is 6.10. The average Bonchev–Trinajstić information content (AvgIpc) is 3.10. The van der Waals surface area contributed by atoms with Crippen molar-refractivity contribution in [3.63, 3.8) is 0 Å². The Hall–Kier alpha value is -1.92. The van der Waals surface area contributed by atoms with Gasteiger partial charge in [-0.25, -0.2) is 4.68 Å². The van der Waals surface area contributed by atoms with E-state index in [9.17, 15) is 0 Å². The summed E-state index contributed by atoms with van der Waals surface area (Å²) < 4.78 is 7.23. The van der Waals surface area contributed by atoms with Crippen molar-refractivity contribution in [1.29, 1.82) is 0 Å². The van der Waals surface area contributed by atoms with Gasteiger partial charge in [0.2, 0.25) is 11.8 Å². The van der Waals surface area contributed by atoms with Gasteiger partial charge in [0.05, 0.1) is 16.3 Å². The predicted molar refractivity (Wildman–Crippen MR) is 78.3 cm³/mol. The molecule has 0 aliphatic carbocycles. The van der Waals surface area contributed by atoms with Crippen LogP contribution in [0, 0.1) is 0 Å². The molecule has 0 unspecified atom stereocenters. The van der Waals surface area contributed by atoms with Gasteiger partial charge in [-0.05, 0) is 12.1 Å². The minimum atomic E-state index is 0.354. The first-order chi connectivity index (χ1) is 10.3. The first-order valence-electron chi connectivity index (χ1n) is 6.28. The third-order valence-electron chi connectivity index (χ3n) is 2.81. The lowest BCUT2D eigenvalue weighted by Crippen LogP contribution is -2.00. The second-order valence-corrected chi connectivity index (χ2v) is 5.11. The Morgan fingerprint density at radius 3 is 2.81 bits per heavy atom. The Kier molecular flexibility index (Phi) is 4.17. The molecule has 21 heavy (non-hydrogen) atoms. The van der Waals surface area contributed by atoms with E-state index >= 15 is 0 Å². The Morgan fingerprint density at radius 2 is 2.00 bits per heavy atom. The molecule has 1 aromatic carbocycles. The second-order valence-electron chi connectivity index (χ2n) is 4.33. The number of halogens is 2. The summed E-state index contributed by atoms with van der Waals surface area (Å²) in [5.41, 5.74) is 1.54. The van der Waals surface area contributed by atoms with E-state index in [-0.39, 0.29) is 0 Å². The van der Waals surface area contributed by atoms with Crippen LogP contribution < -0.4 is 0 Å². The zero-order valence-corrected chi connectivity index (χ0v) is 12.4. The molecule has 0 aliphatic rings. The molecule has 3 aromatic rings. The maximum Gasteiger partial charge on any atom is 0.249 e. The molecule has 0 atom stereocenters. The zero-order chi connectivity index (χ0) is 14.7. The van der Waals surface area contributed by atoms with E-state index in [1.54, 1.807) is 10.7 Å². The van der Waals surface area contributed by atoms with E-state index < -0.39 is 0 Å². The quantitative estimate of drug-likeness (QED) is 0.675. The lowest BCUT2D eigenvalue weighted by molar-refractivity contribution is 0.469. The fraction of sp³-hybridized carbons (Fsp3) is 0.231. The van der Waals surface area contributed by atoms with Gasteiger partial charge in [0, 0.05) is 18.5 Å². The van der Waals surface area contributed by atoms with E-state index in [1.807, 2.05) is 24.4 Å². The van der Waals surface area contributed by atoms with E-state index in [0.29, 0.717) is 41.2 Å². The van der Waals surface area contributed by atoms with Gasteiger partial charge in [0.15, 0.2) is 0 Å². The number of hydrogen-bond acceptors (Lipinski definition) is 5. The van der Waals surface area contributed by atoms with Crippen molar-refractivity contribution in [2.24, 2.45) is 0 Å². The number of rotatable bonds is 5. The normalized spacial score (nSPS) is 11.0. The molecule has 0 amide bonds. The summed E-state index contributed by atoms with van der Waals surface area (Å²) in [6.45, 7) is 0.354. The topological polar surface area (TPSA) is 69.6 Å². The number of nitrogens with zero attached hydrogens (tertiary/aromatic N) is 5. The Balaban J connectivity index is 1.77. The largest absolute Gasteiger partial charge is 0.419 e. The highest BCUT2D eigenvalue weighted by Gasteiger charge is 2.12. The molecular formula is C13H11Cl2N5O. The molecule has 108 valence electrons. The van der Waals surface area contributed by atoms with Crippen LogP contribution in [0.25, 0.3) is 11.5 Å². The number of aryl methyl sites for hydroxylation is 1. The fourth-order valence-corrected chi connectivity index (χ4v) is 2.24. The van der Waals surface area contributed by atoms with Gasteiger partial charge in [-0.15, -0.1) is 26.9 Å². The molecule has 3 rings (SSSR count). The van der Waals surface area contributed by atoms with E-state index in [0.717, 1.165) is 5.69 Å². The Bertz CT molecular complexity index is 740. The molecular weight excluding hydrogens is 313 g/mol. The van der Waals surface area contributed by atoms with Gasteiger partial charge >= 0.3 is 0 Å². The van der Waals surface area contributed by atoms with Crippen LogP contribution in [0.1, 0.15) is 11.6 Å². The summed E-state index contributed by atoms with van der Waals surface area (Å²) in [6.07, 6.45) is 2.48. The van der Waals surface area contributed by atoms with Crippen molar-refractivity contribution in [3.05, 3.63) is 47.1 Å². The highest BCUT2D eigenvalue weighted by molar-refractivity contribution is 6.33. The molecule has 0 aliphatic heterocycles. The summed E-state index contributed by atoms with van der Waals surface area (Å²) in [4.78, 5) is 0. The Labute approximate surface area is 130 Å². The summed E-state index contributed by atoms with van der Waals surface area (Å²) in [6, 6.07) is 7.31. The van der Waals surface area contributed by atoms with Crippen LogP contribution in [0.3, 0.4) is 0 Å². The van der Waals surface area contributed by atoms with Gasteiger partial charge in [0.1, 0.15) is 6.54 Å². The van der Waals surface area contributed by atoms with Gasteiger partial charge in [-0.3, -0.25) is 0 Å². The van der Waals surface area contributed by atoms with Gasteiger partial charge in [-0.1, -0.05) is 28.9 Å². The first kappa shape index (κ1) is 14.0. The lowest BCUT2D eigenvalue weighted by atomic mass is 10.2. The van der Waals surface area contributed by atoms with E-state index in [4.69, 9.17) is 27.6 Å². The monoisotopic (exact) mass is 323 g/mol. The summed E-state index contributed by atoms with van der Waals surface area (Å²) in [5.74, 6) is 1.33. The van der Waals surface area contributed by atoms with Crippen LogP contribution >= 0.6 is 23.2 Å². The summed E-state index contributed by atoms with van der Waals surface area (Å²) in [7, 11) is 0. The van der Waals surface area contributed by atoms with Crippen molar-refractivity contribution < 1.29 is 4.42 Å². The molecule has 0 saturated carbocycles. The molecule has 8 heteroatoms. The molecule has 2 aromatic heterocycles. The molecule has 6 nitrogen and oxygen atoms in total. The Morgan fingerprint density at radius 1 is 1.14 bits per heavy atom. The summed E-state index contributed by atoms with van der Waals surface area (Å²) in [5, 5.41) is 16.5. The van der Waals surface area contributed by atoms with Crippen LogP contribution in [0.5, 0.6) is 0 Å². The molecule has 0 saturated heterocycles. The van der Waals surface area contributed by atoms with Crippen molar-refractivity contribution in [1.82, 2.24) is 25.2 Å². The van der Waals surface area contributed by atoms with Crippen LogP contribution in [0.2, 0.25) is 5.02 Å². The molecule has 0 fully saturated rings. The average molecular weight is 324 g/mol. The highest BCUT2D eigenvalue weighted by atomic mass is 35.5. The number of alkyl halides is 1. The third kappa shape index (κ3) is 3.22. The molecule has 0 spiro atoms. The van der Waals surface area contributed by atoms with Gasteiger partial charge < -0.3 is 4.42 Å². The smallest absolute Gasteiger partial charge is 0.249 e.